The molecule has 1 atom stereocenters. The quantitative estimate of drug-likeness (QED) is 0.321. The lowest BCUT2D eigenvalue weighted by atomic mass is 9.82. The van der Waals surface area contributed by atoms with Crippen molar-refractivity contribution in [3.63, 3.8) is 0 Å². The van der Waals surface area contributed by atoms with E-state index in [1.54, 1.807) is 54.6 Å². The second kappa shape index (κ2) is 10.0. The number of ketones is 2. The Labute approximate surface area is 205 Å². The molecule has 0 aromatic heterocycles. The Morgan fingerprint density at radius 2 is 1.26 bits per heavy atom. The van der Waals surface area contributed by atoms with Gasteiger partial charge in [0.05, 0.1) is 22.6 Å². The Bertz CT molecular complexity index is 1370. The highest BCUT2D eigenvalue weighted by Crippen LogP contribution is 2.37. The molecule has 8 heteroatoms. The predicted octanol–water partition coefficient (Wildman–Crippen LogP) is 4.88. The van der Waals surface area contributed by atoms with Gasteiger partial charge in [-0.25, -0.2) is 0 Å². The Morgan fingerprint density at radius 1 is 0.743 bits per heavy atom. The fraction of sp³-hybridized carbons (Fsp3) is 0.259. The van der Waals surface area contributed by atoms with E-state index in [-0.39, 0.29) is 35.2 Å². The first-order chi connectivity index (χ1) is 16.7. The van der Waals surface area contributed by atoms with Gasteiger partial charge in [0.15, 0.2) is 11.6 Å². The van der Waals surface area contributed by atoms with Crippen LogP contribution in [-0.2, 0) is 14.3 Å². The molecule has 0 radical (unpaired) electrons. The molecule has 1 aliphatic rings. The summed E-state index contributed by atoms with van der Waals surface area (Å²) in [6.07, 6.45) is 0.367. The summed E-state index contributed by atoms with van der Waals surface area (Å²) in [6.45, 7) is 5.77. The van der Waals surface area contributed by atoms with Crippen LogP contribution in [0.3, 0.4) is 0 Å². The zero-order valence-corrected chi connectivity index (χ0v) is 20.7. The van der Waals surface area contributed by atoms with Crippen molar-refractivity contribution in [2.45, 2.75) is 44.2 Å². The minimum absolute atomic E-state index is 0.0315. The second-order valence-electron chi connectivity index (χ2n) is 8.84. The lowest BCUT2D eigenvalue weighted by Gasteiger charge is -2.26. The summed E-state index contributed by atoms with van der Waals surface area (Å²) in [5, 5.41) is 6.56. The Hall–Kier alpha value is -3.49. The van der Waals surface area contributed by atoms with E-state index in [1.165, 1.54) is 12.1 Å². The van der Waals surface area contributed by atoms with Gasteiger partial charge in [-0.1, -0.05) is 42.5 Å². The Balaban J connectivity index is 1.56. The summed E-state index contributed by atoms with van der Waals surface area (Å²) in [4.78, 5) is 27.0. The van der Waals surface area contributed by atoms with Crippen LogP contribution < -0.4 is 10.6 Å². The normalized spacial score (nSPS) is 13.8. The number of hydrogen-bond donors (Lipinski definition) is 2. The van der Waals surface area contributed by atoms with Crippen molar-refractivity contribution in [3.05, 3.63) is 89.0 Å². The summed E-state index contributed by atoms with van der Waals surface area (Å²) >= 11 is 0. The molecule has 35 heavy (non-hydrogen) atoms. The first-order valence-electron chi connectivity index (χ1n) is 11.5. The van der Waals surface area contributed by atoms with E-state index in [1.807, 2.05) is 20.8 Å². The van der Waals surface area contributed by atoms with Gasteiger partial charge in [0, 0.05) is 34.6 Å². The third-order valence-electron chi connectivity index (χ3n) is 5.74. The number of carbonyl (C=O) groups is 2. The van der Waals surface area contributed by atoms with Crippen LogP contribution >= 0.6 is 0 Å². The molecule has 3 aromatic carbocycles. The molecule has 0 heterocycles. The largest absolute Gasteiger partial charge is 0.382 e. The third kappa shape index (κ3) is 5.13. The van der Waals surface area contributed by atoms with Crippen molar-refractivity contribution in [2.75, 3.05) is 17.2 Å². The van der Waals surface area contributed by atoms with Gasteiger partial charge in [-0.3, -0.25) is 13.8 Å². The Morgan fingerprint density at radius 3 is 1.80 bits per heavy atom. The molecule has 4 rings (SSSR count). The molecule has 0 fully saturated rings. The van der Waals surface area contributed by atoms with Crippen LogP contribution in [0.2, 0.25) is 0 Å². The number of benzene rings is 3. The highest BCUT2D eigenvalue weighted by atomic mass is 32.2. The van der Waals surface area contributed by atoms with Crippen LogP contribution in [-0.4, -0.2) is 38.7 Å². The topological polar surface area (TPSA) is 102 Å². The maximum absolute atomic E-state index is 13.5. The highest BCUT2D eigenvalue weighted by Gasteiger charge is 2.34. The molecule has 1 unspecified atom stereocenters. The average Bonchev–Trinajstić information content (AvgIpc) is 2.83. The smallest absolute Gasteiger partial charge is 0.296 e. The van der Waals surface area contributed by atoms with E-state index in [9.17, 15) is 18.0 Å². The van der Waals surface area contributed by atoms with Gasteiger partial charge in [0.1, 0.15) is 0 Å². The summed E-state index contributed by atoms with van der Waals surface area (Å²) in [5.74, 6) is -0.424. The van der Waals surface area contributed by atoms with Crippen molar-refractivity contribution in [3.8, 4) is 0 Å². The number of fused-ring (bicyclic) bond motifs is 2. The van der Waals surface area contributed by atoms with Gasteiger partial charge in [-0.15, -0.1) is 0 Å². The summed E-state index contributed by atoms with van der Waals surface area (Å²) in [6, 6.07) is 18.2. The zero-order valence-electron chi connectivity index (χ0n) is 19.9. The van der Waals surface area contributed by atoms with Crippen LogP contribution in [0.1, 0.15) is 59.0 Å². The number of hydrogen-bond acceptors (Lipinski definition) is 7. The van der Waals surface area contributed by atoms with E-state index >= 15 is 0 Å². The number of anilines is 2. The van der Waals surface area contributed by atoms with E-state index in [0.29, 0.717) is 40.0 Å². The summed E-state index contributed by atoms with van der Waals surface area (Å²) < 4.78 is 29.9. The first kappa shape index (κ1) is 24.6. The van der Waals surface area contributed by atoms with Crippen molar-refractivity contribution >= 4 is 33.1 Å². The molecule has 182 valence electrons. The van der Waals surface area contributed by atoms with Crippen LogP contribution in [0.25, 0.3) is 0 Å². The van der Waals surface area contributed by atoms with E-state index in [0.717, 1.165) is 0 Å². The Kier molecular flexibility index (Phi) is 7.05. The summed E-state index contributed by atoms with van der Waals surface area (Å²) in [7, 11) is -3.84. The average molecular weight is 493 g/mol. The zero-order chi connectivity index (χ0) is 25.2. The molecular weight excluding hydrogens is 464 g/mol. The fourth-order valence-electron chi connectivity index (χ4n) is 4.10. The molecule has 0 amide bonds. The standard InChI is InChI=1S/C27H28N2O5S/c1-17(2)28-22-13-14-23(25-24(22)26(30)20-11-7-8-12-21(20)27(25)31)29-18(3)15-16-34-35(32,33)19-9-5-4-6-10-19/h4-14,17-18,28-29H,15-16H2,1-3H3. The van der Waals surface area contributed by atoms with Crippen molar-refractivity contribution in [1.82, 2.24) is 0 Å². The van der Waals surface area contributed by atoms with Crippen LogP contribution in [0.5, 0.6) is 0 Å². The predicted molar refractivity (Wildman–Crippen MR) is 136 cm³/mol. The molecule has 2 N–H and O–H groups in total. The third-order valence-corrected chi connectivity index (χ3v) is 7.07. The summed E-state index contributed by atoms with van der Waals surface area (Å²) in [5.41, 5.74) is 2.58. The molecule has 7 nitrogen and oxygen atoms in total. The molecular formula is C27H28N2O5S. The monoisotopic (exact) mass is 492 g/mol. The number of carbonyl (C=O) groups excluding carboxylic acids is 2. The molecule has 1 aliphatic carbocycles. The second-order valence-corrected chi connectivity index (χ2v) is 10.5. The van der Waals surface area contributed by atoms with Crippen LogP contribution in [0, 0.1) is 0 Å². The van der Waals surface area contributed by atoms with Gasteiger partial charge >= 0.3 is 0 Å². The fourth-order valence-corrected chi connectivity index (χ4v) is 5.04. The van der Waals surface area contributed by atoms with Crippen molar-refractivity contribution < 1.29 is 22.2 Å². The van der Waals surface area contributed by atoms with Gasteiger partial charge in [0.25, 0.3) is 10.1 Å². The van der Waals surface area contributed by atoms with Crippen molar-refractivity contribution in [1.29, 1.82) is 0 Å². The van der Waals surface area contributed by atoms with Gasteiger partial charge in [-0.2, -0.15) is 8.42 Å². The van der Waals surface area contributed by atoms with Gasteiger partial charge < -0.3 is 10.6 Å². The van der Waals surface area contributed by atoms with Crippen LogP contribution in [0.15, 0.2) is 71.6 Å². The molecule has 3 aromatic rings. The van der Waals surface area contributed by atoms with E-state index < -0.39 is 10.1 Å². The SMILES string of the molecule is CC(C)Nc1ccc(NC(C)CCOS(=O)(=O)c2ccccc2)c2c1C(=O)c1ccccc1C2=O. The molecule has 0 aliphatic heterocycles. The maximum Gasteiger partial charge on any atom is 0.296 e. The molecule has 0 saturated heterocycles. The number of nitrogens with one attached hydrogen (secondary N) is 2. The minimum atomic E-state index is -3.84. The molecule has 0 spiro atoms. The van der Waals surface area contributed by atoms with Crippen molar-refractivity contribution in [2.24, 2.45) is 0 Å². The number of rotatable bonds is 9. The molecule has 0 saturated carbocycles. The maximum atomic E-state index is 13.5. The van der Waals surface area contributed by atoms with Gasteiger partial charge in [0.2, 0.25) is 0 Å². The highest BCUT2D eigenvalue weighted by molar-refractivity contribution is 7.86. The van der Waals surface area contributed by atoms with Crippen LogP contribution in [0.4, 0.5) is 11.4 Å². The van der Waals surface area contributed by atoms with Gasteiger partial charge in [-0.05, 0) is 51.5 Å². The lowest BCUT2D eigenvalue weighted by Crippen LogP contribution is -2.27. The van der Waals surface area contributed by atoms with E-state index in [4.69, 9.17) is 4.18 Å². The lowest BCUT2D eigenvalue weighted by molar-refractivity contribution is 0.0980. The minimum Gasteiger partial charge on any atom is -0.382 e. The molecule has 0 bridgehead atoms. The first-order valence-corrected chi connectivity index (χ1v) is 12.9. The van der Waals surface area contributed by atoms with E-state index in [2.05, 4.69) is 10.6 Å².